The number of carbonyl (C=O) groups is 2. The second kappa shape index (κ2) is 7.51. The summed E-state index contributed by atoms with van der Waals surface area (Å²) in [7, 11) is 0. The topological polar surface area (TPSA) is 75.6 Å². The van der Waals surface area contributed by atoms with Crippen molar-refractivity contribution in [1.29, 1.82) is 0 Å². The van der Waals surface area contributed by atoms with Crippen LogP contribution in [-0.4, -0.2) is 23.0 Å². The van der Waals surface area contributed by atoms with Crippen molar-refractivity contribution < 1.29 is 28.2 Å². The van der Waals surface area contributed by atoms with Gasteiger partial charge in [-0.2, -0.15) is 0 Å². The van der Waals surface area contributed by atoms with Gasteiger partial charge < -0.3 is 15.2 Å². The predicted molar refractivity (Wildman–Crippen MR) is 89.1 cm³/mol. The fourth-order valence-electron chi connectivity index (χ4n) is 3.04. The molecular formula is C19H17F2NO4. The zero-order chi connectivity index (χ0) is 18.7. The van der Waals surface area contributed by atoms with E-state index in [2.05, 4.69) is 5.32 Å². The Labute approximate surface area is 148 Å². The van der Waals surface area contributed by atoms with Gasteiger partial charge in [-0.05, 0) is 49.2 Å². The molecule has 5 nitrogen and oxygen atoms in total. The zero-order valence-corrected chi connectivity index (χ0v) is 13.7. The molecule has 0 unspecified atom stereocenters. The second-order valence-corrected chi connectivity index (χ2v) is 6.16. The van der Waals surface area contributed by atoms with Gasteiger partial charge in [0.25, 0.3) is 5.91 Å². The van der Waals surface area contributed by atoms with Crippen LogP contribution in [0, 0.1) is 17.6 Å². The van der Waals surface area contributed by atoms with Gasteiger partial charge in [0.1, 0.15) is 11.6 Å². The first-order valence-electron chi connectivity index (χ1n) is 8.20. The standard InChI is InChI=1S/C19H17F2NO4/c20-12-6-9-17(15(21)10-12)26-13-7-4-11(5-8-13)18(23)22-16-3-1-2-14(16)19(24)25/h4-10,14,16H,1-3H2,(H,22,23)(H,24,25)/t14-,16+/m1/s1. The summed E-state index contributed by atoms with van der Waals surface area (Å²) >= 11 is 0. The molecule has 2 aromatic carbocycles. The molecule has 3 rings (SSSR count). The van der Waals surface area contributed by atoms with Gasteiger partial charge in [-0.3, -0.25) is 9.59 Å². The Bertz CT molecular complexity index is 823. The highest BCUT2D eigenvalue weighted by atomic mass is 19.1. The molecule has 7 heteroatoms. The monoisotopic (exact) mass is 361 g/mol. The predicted octanol–water partition coefficient (Wildman–Crippen LogP) is 3.74. The number of nitrogens with one attached hydrogen (secondary N) is 1. The van der Waals surface area contributed by atoms with Gasteiger partial charge in [-0.1, -0.05) is 6.42 Å². The number of hydrogen-bond acceptors (Lipinski definition) is 3. The Morgan fingerprint density at radius 2 is 1.81 bits per heavy atom. The minimum Gasteiger partial charge on any atom is -0.481 e. The summed E-state index contributed by atoms with van der Waals surface area (Å²) in [6, 6.07) is 8.56. The molecule has 0 bridgehead atoms. The van der Waals surface area contributed by atoms with E-state index in [0.29, 0.717) is 18.4 Å². The molecule has 0 saturated heterocycles. The number of carboxylic acid groups (broad SMARTS) is 1. The van der Waals surface area contributed by atoms with Crippen LogP contribution in [0.4, 0.5) is 8.78 Å². The lowest BCUT2D eigenvalue weighted by molar-refractivity contribution is -0.142. The van der Waals surface area contributed by atoms with Gasteiger partial charge in [0.05, 0.1) is 5.92 Å². The summed E-state index contributed by atoms with van der Waals surface area (Å²) in [5, 5.41) is 11.9. The Morgan fingerprint density at radius 3 is 2.46 bits per heavy atom. The lowest BCUT2D eigenvalue weighted by Gasteiger charge is -2.17. The molecule has 2 atom stereocenters. The first kappa shape index (κ1) is 17.8. The second-order valence-electron chi connectivity index (χ2n) is 6.16. The zero-order valence-electron chi connectivity index (χ0n) is 13.7. The van der Waals surface area contributed by atoms with E-state index in [1.54, 1.807) is 0 Å². The van der Waals surface area contributed by atoms with Gasteiger partial charge in [-0.15, -0.1) is 0 Å². The molecule has 1 fully saturated rings. The summed E-state index contributed by atoms with van der Waals surface area (Å²) in [6.07, 6.45) is 1.95. The van der Waals surface area contributed by atoms with Crippen molar-refractivity contribution in [2.24, 2.45) is 5.92 Å². The first-order chi connectivity index (χ1) is 12.4. The molecule has 0 radical (unpaired) electrons. The van der Waals surface area contributed by atoms with Gasteiger partial charge in [-0.25, -0.2) is 8.78 Å². The van der Waals surface area contributed by atoms with E-state index in [-0.39, 0.29) is 23.4 Å². The molecule has 1 saturated carbocycles. The maximum atomic E-state index is 13.6. The SMILES string of the molecule is O=C(N[C@H]1CCC[C@H]1C(=O)O)c1ccc(Oc2ccc(F)cc2F)cc1. The Hall–Kier alpha value is -2.96. The van der Waals surface area contributed by atoms with E-state index >= 15 is 0 Å². The van der Waals surface area contributed by atoms with Gasteiger partial charge in [0.2, 0.25) is 0 Å². The smallest absolute Gasteiger partial charge is 0.308 e. The van der Waals surface area contributed by atoms with Crippen LogP contribution in [0.15, 0.2) is 42.5 Å². The Kier molecular flexibility index (Phi) is 5.16. The van der Waals surface area contributed by atoms with E-state index in [9.17, 15) is 18.4 Å². The summed E-state index contributed by atoms with van der Waals surface area (Å²) in [5.74, 6) is -3.21. The molecule has 0 spiro atoms. The van der Waals surface area contributed by atoms with Crippen molar-refractivity contribution in [3.63, 3.8) is 0 Å². The molecule has 2 N–H and O–H groups in total. The van der Waals surface area contributed by atoms with Crippen molar-refractivity contribution in [1.82, 2.24) is 5.32 Å². The fraction of sp³-hybridized carbons (Fsp3) is 0.263. The van der Waals surface area contributed by atoms with Crippen molar-refractivity contribution in [3.8, 4) is 11.5 Å². The highest BCUT2D eigenvalue weighted by molar-refractivity contribution is 5.94. The molecule has 0 heterocycles. The lowest BCUT2D eigenvalue weighted by atomic mass is 10.0. The number of aliphatic carboxylic acids is 1. The van der Waals surface area contributed by atoms with Crippen LogP contribution in [0.3, 0.4) is 0 Å². The molecule has 2 aromatic rings. The number of amides is 1. The van der Waals surface area contributed by atoms with Crippen LogP contribution >= 0.6 is 0 Å². The molecule has 0 aliphatic heterocycles. The lowest BCUT2D eigenvalue weighted by Crippen LogP contribution is -2.40. The van der Waals surface area contributed by atoms with Crippen LogP contribution in [0.1, 0.15) is 29.6 Å². The highest BCUT2D eigenvalue weighted by Crippen LogP contribution is 2.27. The van der Waals surface area contributed by atoms with Crippen molar-refractivity contribution in [3.05, 3.63) is 59.7 Å². The van der Waals surface area contributed by atoms with E-state index in [0.717, 1.165) is 18.6 Å². The van der Waals surface area contributed by atoms with Crippen LogP contribution in [0.2, 0.25) is 0 Å². The molecule has 1 aliphatic carbocycles. The van der Waals surface area contributed by atoms with E-state index in [1.807, 2.05) is 0 Å². The summed E-state index contributed by atoms with van der Waals surface area (Å²) in [4.78, 5) is 23.5. The molecule has 1 amide bonds. The average molecular weight is 361 g/mol. The van der Waals surface area contributed by atoms with Crippen LogP contribution in [0.25, 0.3) is 0 Å². The quantitative estimate of drug-likeness (QED) is 0.851. The maximum Gasteiger partial charge on any atom is 0.308 e. The largest absolute Gasteiger partial charge is 0.481 e. The molecule has 1 aliphatic rings. The van der Waals surface area contributed by atoms with E-state index < -0.39 is 23.5 Å². The highest BCUT2D eigenvalue weighted by Gasteiger charge is 2.33. The molecular weight excluding hydrogens is 344 g/mol. The number of carboxylic acids is 1. The number of benzene rings is 2. The number of ether oxygens (including phenoxy) is 1. The summed E-state index contributed by atoms with van der Waals surface area (Å²) < 4.78 is 31.8. The molecule has 0 aromatic heterocycles. The fourth-order valence-corrected chi connectivity index (χ4v) is 3.04. The minimum atomic E-state index is -0.905. The van der Waals surface area contributed by atoms with Crippen molar-refractivity contribution in [2.75, 3.05) is 0 Å². The molecule has 136 valence electrons. The maximum absolute atomic E-state index is 13.6. The van der Waals surface area contributed by atoms with Crippen LogP contribution < -0.4 is 10.1 Å². The van der Waals surface area contributed by atoms with Gasteiger partial charge in [0.15, 0.2) is 11.6 Å². The Morgan fingerprint density at radius 1 is 1.08 bits per heavy atom. The number of carbonyl (C=O) groups excluding carboxylic acids is 1. The number of rotatable bonds is 5. The van der Waals surface area contributed by atoms with Gasteiger partial charge >= 0.3 is 5.97 Å². The Balaban J connectivity index is 1.65. The average Bonchev–Trinajstić information content (AvgIpc) is 3.06. The van der Waals surface area contributed by atoms with Crippen LogP contribution in [-0.2, 0) is 4.79 Å². The number of hydrogen-bond donors (Lipinski definition) is 2. The third-order valence-corrected chi connectivity index (χ3v) is 4.39. The minimum absolute atomic E-state index is 0.126. The summed E-state index contributed by atoms with van der Waals surface area (Å²) in [5.41, 5.74) is 0.341. The van der Waals surface area contributed by atoms with E-state index in [4.69, 9.17) is 9.84 Å². The number of halogens is 2. The van der Waals surface area contributed by atoms with Crippen molar-refractivity contribution >= 4 is 11.9 Å². The first-order valence-corrected chi connectivity index (χ1v) is 8.20. The van der Waals surface area contributed by atoms with Crippen molar-refractivity contribution in [2.45, 2.75) is 25.3 Å². The van der Waals surface area contributed by atoms with Crippen LogP contribution in [0.5, 0.6) is 11.5 Å². The molecule has 26 heavy (non-hydrogen) atoms. The third kappa shape index (κ3) is 3.99. The summed E-state index contributed by atoms with van der Waals surface area (Å²) in [6.45, 7) is 0. The van der Waals surface area contributed by atoms with E-state index in [1.165, 1.54) is 30.3 Å². The normalized spacial score (nSPS) is 19.2. The van der Waals surface area contributed by atoms with Gasteiger partial charge in [0, 0.05) is 17.7 Å². The third-order valence-electron chi connectivity index (χ3n) is 4.39.